The quantitative estimate of drug-likeness (QED) is 0.239. The van der Waals surface area contributed by atoms with E-state index in [1.807, 2.05) is 0 Å². The summed E-state index contributed by atoms with van der Waals surface area (Å²) in [5.41, 5.74) is 0. The summed E-state index contributed by atoms with van der Waals surface area (Å²) in [7, 11) is 0. The molecule has 5 atom stereocenters. The molecule has 1 fully saturated rings. The highest BCUT2D eigenvalue weighted by atomic mass is 16.7. The standard InChI is InChI=1S/C12H20O8/c1-2-8(14)18-4-3-5-19-12-11(17)10(16)9(15)7(6-13)20-12/h2,7,9-13,15-17H,1,3-6H2/t7-,9-,10+,11-,12?/m1/s1. The number of hydrogen-bond acceptors (Lipinski definition) is 8. The lowest BCUT2D eigenvalue weighted by Gasteiger charge is -2.39. The summed E-state index contributed by atoms with van der Waals surface area (Å²) in [6.45, 7) is 2.95. The van der Waals surface area contributed by atoms with Gasteiger partial charge >= 0.3 is 5.97 Å². The van der Waals surface area contributed by atoms with Crippen molar-refractivity contribution in [2.75, 3.05) is 19.8 Å². The van der Waals surface area contributed by atoms with Crippen LogP contribution in [0.5, 0.6) is 0 Å². The Balaban J connectivity index is 2.31. The highest BCUT2D eigenvalue weighted by Crippen LogP contribution is 2.21. The first kappa shape index (κ1) is 17.0. The summed E-state index contributed by atoms with van der Waals surface area (Å²) in [5.74, 6) is -0.544. The van der Waals surface area contributed by atoms with E-state index < -0.39 is 43.3 Å². The van der Waals surface area contributed by atoms with E-state index in [0.717, 1.165) is 6.08 Å². The molecular weight excluding hydrogens is 272 g/mol. The molecule has 0 amide bonds. The molecule has 20 heavy (non-hydrogen) atoms. The van der Waals surface area contributed by atoms with E-state index in [1.54, 1.807) is 0 Å². The minimum Gasteiger partial charge on any atom is -0.462 e. The van der Waals surface area contributed by atoms with Crippen LogP contribution in [0.2, 0.25) is 0 Å². The fraction of sp³-hybridized carbons (Fsp3) is 0.750. The molecule has 0 bridgehead atoms. The summed E-state index contributed by atoms with van der Waals surface area (Å²) in [6, 6.07) is 0. The van der Waals surface area contributed by atoms with Gasteiger partial charge < -0.3 is 34.6 Å². The number of aliphatic hydroxyl groups excluding tert-OH is 4. The third kappa shape index (κ3) is 4.51. The fourth-order valence-electron chi connectivity index (χ4n) is 1.70. The lowest BCUT2D eigenvalue weighted by molar-refractivity contribution is -0.301. The lowest BCUT2D eigenvalue weighted by atomic mass is 9.99. The van der Waals surface area contributed by atoms with Crippen molar-refractivity contribution < 1.29 is 39.4 Å². The van der Waals surface area contributed by atoms with Gasteiger partial charge in [0, 0.05) is 12.5 Å². The molecule has 1 heterocycles. The zero-order valence-corrected chi connectivity index (χ0v) is 10.9. The van der Waals surface area contributed by atoms with Crippen LogP contribution in [-0.4, -0.2) is 76.9 Å². The van der Waals surface area contributed by atoms with Crippen molar-refractivity contribution in [1.82, 2.24) is 0 Å². The maximum Gasteiger partial charge on any atom is 0.330 e. The second-order valence-electron chi connectivity index (χ2n) is 4.29. The molecule has 8 nitrogen and oxygen atoms in total. The highest BCUT2D eigenvalue weighted by molar-refractivity contribution is 5.81. The predicted octanol–water partition coefficient (Wildman–Crippen LogP) is -2.08. The Morgan fingerprint density at radius 2 is 1.90 bits per heavy atom. The molecule has 116 valence electrons. The molecule has 0 radical (unpaired) electrons. The van der Waals surface area contributed by atoms with Crippen LogP contribution >= 0.6 is 0 Å². The van der Waals surface area contributed by atoms with Gasteiger partial charge in [-0.05, 0) is 0 Å². The van der Waals surface area contributed by atoms with Crippen molar-refractivity contribution >= 4 is 5.97 Å². The Morgan fingerprint density at radius 1 is 1.20 bits per heavy atom. The van der Waals surface area contributed by atoms with Crippen molar-refractivity contribution in [3.05, 3.63) is 12.7 Å². The Hall–Kier alpha value is -1.03. The summed E-state index contributed by atoms with van der Waals surface area (Å²) < 4.78 is 15.0. The fourth-order valence-corrected chi connectivity index (χ4v) is 1.70. The summed E-state index contributed by atoms with van der Waals surface area (Å²) in [5, 5.41) is 37.7. The van der Waals surface area contributed by atoms with Gasteiger partial charge in [0.05, 0.1) is 19.8 Å². The van der Waals surface area contributed by atoms with Crippen LogP contribution in [0, 0.1) is 0 Å². The SMILES string of the molecule is C=CC(=O)OCCCOC1O[C@H](CO)[C@@H](O)[C@H](O)[C@H]1O. The number of aliphatic hydroxyl groups is 4. The molecule has 8 heteroatoms. The number of rotatable bonds is 7. The number of ether oxygens (including phenoxy) is 3. The number of esters is 1. The smallest absolute Gasteiger partial charge is 0.330 e. The molecule has 0 spiro atoms. The zero-order chi connectivity index (χ0) is 15.1. The summed E-state index contributed by atoms with van der Waals surface area (Å²) >= 11 is 0. The van der Waals surface area contributed by atoms with Crippen LogP contribution in [0.3, 0.4) is 0 Å². The first-order valence-electron chi connectivity index (χ1n) is 6.22. The van der Waals surface area contributed by atoms with E-state index >= 15 is 0 Å². The number of hydrogen-bond donors (Lipinski definition) is 4. The lowest BCUT2D eigenvalue weighted by Crippen LogP contribution is -2.59. The number of carbonyl (C=O) groups is 1. The topological polar surface area (TPSA) is 126 Å². The van der Waals surface area contributed by atoms with Crippen molar-refractivity contribution in [3.8, 4) is 0 Å². The summed E-state index contributed by atoms with van der Waals surface area (Å²) in [4.78, 5) is 10.8. The summed E-state index contributed by atoms with van der Waals surface area (Å²) in [6.07, 6.45) is -5.08. The second-order valence-corrected chi connectivity index (χ2v) is 4.29. The number of carbonyl (C=O) groups excluding carboxylic acids is 1. The average Bonchev–Trinajstić information content (AvgIpc) is 2.46. The van der Waals surface area contributed by atoms with Crippen LogP contribution in [0.25, 0.3) is 0 Å². The van der Waals surface area contributed by atoms with E-state index in [9.17, 15) is 20.1 Å². The predicted molar refractivity (Wildman–Crippen MR) is 65.5 cm³/mol. The molecule has 0 aromatic rings. The minimum atomic E-state index is -1.47. The van der Waals surface area contributed by atoms with E-state index in [0.29, 0.717) is 6.42 Å². The average molecular weight is 292 g/mol. The second kappa shape index (κ2) is 8.30. The minimum absolute atomic E-state index is 0.104. The van der Waals surface area contributed by atoms with E-state index in [-0.39, 0.29) is 13.2 Å². The van der Waals surface area contributed by atoms with Gasteiger partial charge in [-0.3, -0.25) is 0 Å². The maximum atomic E-state index is 10.8. The van der Waals surface area contributed by atoms with Crippen molar-refractivity contribution in [2.45, 2.75) is 37.1 Å². The monoisotopic (exact) mass is 292 g/mol. The maximum absolute atomic E-state index is 10.8. The van der Waals surface area contributed by atoms with Crippen molar-refractivity contribution in [1.29, 1.82) is 0 Å². The van der Waals surface area contributed by atoms with Gasteiger partial charge in [0.2, 0.25) is 0 Å². The van der Waals surface area contributed by atoms with Crippen molar-refractivity contribution in [3.63, 3.8) is 0 Å². The molecule has 1 aliphatic heterocycles. The third-order valence-electron chi connectivity index (χ3n) is 2.83. The molecule has 1 rings (SSSR count). The largest absolute Gasteiger partial charge is 0.462 e. The van der Waals surface area contributed by atoms with Crippen LogP contribution < -0.4 is 0 Å². The zero-order valence-electron chi connectivity index (χ0n) is 10.9. The molecule has 1 aliphatic rings. The molecule has 0 aromatic carbocycles. The van der Waals surface area contributed by atoms with Gasteiger partial charge in [-0.1, -0.05) is 6.58 Å². The molecule has 0 aromatic heterocycles. The molecule has 4 N–H and O–H groups in total. The van der Waals surface area contributed by atoms with Crippen molar-refractivity contribution in [2.24, 2.45) is 0 Å². The van der Waals surface area contributed by atoms with Gasteiger partial charge in [-0.2, -0.15) is 0 Å². The molecule has 1 saturated heterocycles. The van der Waals surface area contributed by atoms with Gasteiger partial charge in [-0.15, -0.1) is 0 Å². The van der Waals surface area contributed by atoms with E-state index in [4.69, 9.17) is 19.3 Å². The Bertz CT molecular complexity index is 319. The van der Waals surface area contributed by atoms with Crippen LogP contribution in [-0.2, 0) is 19.0 Å². The first-order chi connectivity index (χ1) is 9.51. The van der Waals surface area contributed by atoms with E-state index in [1.165, 1.54) is 0 Å². The Morgan fingerprint density at radius 3 is 2.50 bits per heavy atom. The van der Waals surface area contributed by atoms with E-state index in [2.05, 4.69) is 6.58 Å². The molecule has 0 aliphatic carbocycles. The normalized spacial score (nSPS) is 33.7. The third-order valence-corrected chi connectivity index (χ3v) is 2.83. The van der Waals surface area contributed by atoms with Gasteiger partial charge in [0.15, 0.2) is 6.29 Å². The molecule has 0 saturated carbocycles. The highest BCUT2D eigenvalue weighted by Gasteiger charge is 2.43. The molecule has 1 unspecified atom stereocenters. The van der Waals surface area contributed by atoms with Gasteiger partial charge in [-0.25, -0.2) is 4.79 Å². The van der Waals surface area contributed by atoms with Crippen LogP contribution in [0.4, 0.5) is 0 Å². The van der Waals surface area contributed by atoms with Crippen LogP contribution in [0.1, 0.15) is 6.42 Å². The Kier molecular flexibility index (Phi) is 7.06. The van der Waals surface area contributed by atoms with Crippen LogP contribution in [0.15, 0.2) is 12.7 Å². The first-order valence-corrected chi connectivity index (χ1v) is 6.22. The van der Waals surface area contributed by atoms with Gasteiger partial charge in [0.1, 0.15) is 24.4 Å². The Labute approximate surface area is 116 Å². The molecular formula is C12H20O8. The van der Waals surface area contributed by atoms with Gasteiger partial charge in [0.25, 0.3) is 0 Å².